The Labute approximate surface area is 119 Å². The fourth-order valence-electron chi connectivity index (χ4n) is 2.27. The van der Waals surface area contributed by atoms with Crippen molar-refractivity contribution >= 4 is 23.2 Å². The van der Waals surface area contributed by atoms with Crippen molar-refractivity contribution in [2.24, 2.45) is 0 Å². The Kier molecular flexibility index (Phi) is 4.61. The molecule has 0 atom stereocenters. The first-order valence-electron chi connectivity index (χ1n) is 6.95. The van der Waals surface area contributed by atoms with E-state index in [9.17, 15) is 9.59 Å². The first-order valence-corrected chi connectivity index (χ1v) is 6.95. The molecule has 20 heavy (non-hydrogen) atoms. The maximum atomic E-state index is 12.0. The molecule has 1 fully saturated rings. The van der Waals surface area contributed by atoms with Gasteiger partial charge in [-0.15, -0.1) is 0 Å². The second-order valence-corrected chi connectivity index (χ2v) is 5.25. The Hall–Kier alpha value is -2.04. The average molecular weight is 275 g/mol. The van der Waals surface area contributed by atoms with Crippen molar-refractivity contribution in [2.75, 3.05) is 37.4 Å². The van der Waals surface area contributed by atoms with Crippen LogP contribution in [-0.2, 0) is 9.59 Å². The monoisotopic (exact) mass is 275 g/mol. The van der Waals surface area contributed by atoms with Gasteiger partial charge in [-0.05, 0) is 43.5 Å². The highest BCUT2D eigenvalue weighted by atomic mass is 16.2. The molecule has 0 radical (unpaired) electrons. The third-order valence-corrected chi connectivity index (χ3v) is 3.48. The molecule has 1 N–H and O–H groups in total. The second-order valence-electron chi connectivity index (χ2n) is 5.25. The summed E-state index contributed by atoms with van der Waals surface area (Å²) >= 11 is 0. The fourth-order valence-corrected chi connectivity index (χ4v) is 2.27. The summed E-state index contributed by atoms with van der Waals surface area (Å²) in [5.41, 5.74) is 1.69. The molecule has 0 spiro atoms. The summed E-state index contributed by atoms with van der Waals surface area (Å²) in [4.78, 5) is 27.5. The van der Waals surface area contributed by atoms with Gasteiger partial charge in [0.15, 0.2) is 0 Å². The highest BCUT2D eigenvalue weighted by Gasteiger charge is 2.23. The number of piperidine rings is 1. The minimum Gasteiger partial charge on any atom is -0.378 e. The second kappa shape index (κ2) is 6.41. The zero-order valence-electron chi connectivity index (χ0n) is 12.1. The van der Waals surface area contributed by atoms with Gasteiger partial charge in [-0.3, -0.25) is 9.59 Å². The number of rotatable bonds is 2. The summed E-state index contributed by atoms with van der Waals surface area (Å²) in [5.74, 6) is -0.981. The van der Waals surface area contributed by atoms with E-state index in [2.05, 4.69) is 5.32 Å². The number of nitrogens with one attached hydrogen (secondary N) is 1. The lowest BCUT2D eigenvalue weighted by molar-refractivity contribution is -0.143. The summed E-state index contributed by atoms with van der Waals surface area (Å²) in [7, 11) is 3.90. The number of hydrogen-bond acceptors (Lipinski definition) is 3. The number of carbonyl (C=O) groups is 2. The molecule has 1 saturated heterocycles. The van der Waals surface area contributed by atoms with Gasteiger partial charge in [-0.1, -0.05) is 0 Å². The van der Waals surface area contributed by atoms with Crippen molar-refractivity contribution in [2.45, 2.75) is 19.3 Å². The maximum Gasteiger partial charge on any atom is 0.313 e. The number of hydrogen-bond donors (Lipinski definition) is 1. The van der Waals surface area contributed by atoms with Crippen molar-refractivity contribution in [1.82, 2.24) is 4.90 Å². The normalized spacial score (nSPS) is 14.8. The third-order valence-electron chi connectivity index (χ3n) is 3.48. The van der Waals surface area contributed by atoms with E-state index in [-0.39, 0.29) is 0 Å². The minimum atomic E-state index is -0.551. The van der Waals surface area contributed by atoms with E-state index in [1.165, 1.54) is 0 Å². The fraction of sp³-hybridized carbons (Fsp3) is 0.467. The van der Waals surface area contributed by atoms with Crippen LogP contribution >= 0.6 is 0 Å². The first kappa shape index (κ1) is 14.4. The Morgan fingerprint density at radius 2 is 1.65 bits per heavy atom. The van der Waals surface area contributed by atoms with Gasteiger partial charge in [-0.2, -0.15) is 0 Å². The highest BCUT2D eigenvalue weighted by molar-refractivity contribution is 6.39. The predicted molar refractivity (Wildman–Crippen MR) is 79.8 cm³/mol. The summed E-state index contributed by atoms with van der Waals surface area (Å²) in [6, 6.07) is 7.41. The SMILES string of the molecule is CN(C)c1ccc(NC(=O)C(=O)N2CCCCC2)cc1. The molecule has 0 aliphatic carbocycles. The van der Waals surface area contributed by atoms with E-state index in [1.54, 1.807) is 17.0 Å². The van der Waals surface area contributed by atoms with E-state index in [0.717, 1.165) is 24.9 Å². The van der Waals surface area contributed by atoms with Crippen LogP contribution in [-0.4, -0.2) is 43.9 Å². The molecule has 108 valence electrons. The van der Waals surface area contributed by atoms with Gasteiger partial charge in [0, 0.05) is 38.6 Å². The highest BCUT2D eigenvalue weighted by Crippen LogP contribution is 2.16. The predicted octanol–water partition coefficient (Wildman–Crippen LogP) is 1.70. The average Bonchev–Trinajstić information content (AvgIpc) is 2.48. The largest absolute Gasteiger partial charge is 0.378 e. The molecule has 2 amide bonds. The Morgan fingerprint density at radius 3 is 2.20 bits per heavy atom. The van der Waals surface area contributed by atoms with Gasteiger partial charge < -0.3 is 15.1 Å². The molecule has 0 saturated carbocycles. The van der Waals surface area contributed by atoms with E-state index in [1.807, 2.05) is 31.1 Å². The van der Waals surface area contributed by atoms with E-state index < -0.39 is 11.8 Å². The molecule has 1 aliphatic heterocycles. The Morgan fingerprint density at radius 1 is 1.05 bits per heavy atom. The third kappa shape index (κ3) is 3.50. The topological polar surface area (TPSA) is 52.7 Å². The van der Waals surface area contributed by atoms with Gasteiger partial charge in [-0.25, -0.2) is 0 Å². The Bertz CT molecular complexity index is 476. The van der Waals surface area contributed by atoms with Crippen LogP contribution in [0.5, 0.6) is 0 Å². The lowest BCUT2D eigenvalue weighted by Gasteiger charge is -2.25. The van der Waals surface area contributed by atoms with Crippen LogP contribution in [0.25, 0.3) is 0 Å². The van der Waals surface area contributed by atoms with Gasteiger partial charge in [0.1, 0.15) is 0 Å². The van der Waals surface area contributed by atoms with E-state index >= 15 is 0 Å². The standard InChI is InChI=1S/C15H21N3O2/c1-17(2)13-8-6-12(7-9-13)16-14(19)15(20)18-10-4-3-5-11-18/h6-9H,3-5,10-11H2,1-2H3,(H,16,19). The summed E-state index contributed by atoms with van der Waals surface area (Å²) in [6.07, 6.45) is 3.10. The molecule has 2 rings (SSSR count). The smallest absolute Gasteiger partial charge is 0.313 e. The van der Waals surface area contributed by atoms with Crippen LogP contribution in [0.3, 0.4) is 0 Å². The quantitative estimate of drug-likeness (QED) is 0.836. The summed E-state index contributed by atoms with van der Waals surface area (Å²) < 4.78 is 0. The number of carbonyl (C=O) groups excluding carboxylic acids is 2. The zero-order chi connectivity index (χ0) is 14.5. The molecule has 0 aromatic heterocycles. The zero-order valence-corrected chi connectivity index (χ0v) is 12.1. The van der Waals surface area contributed by atoms with Crippen LogP contribution < -0.4 is 10.2 Å². The number of amides is 2. The van der Waals surface area contributed by atoms with E-state index in [4.69, 9.17) is 0 Å². The molecule has 1 aliphatic rings. The molecule has 1 heterocycles. The van der Waals surface area contributed by atoms with Crippen molar-refractivity contribution in [3.05, 3.63) is 24.3 Å². The summed E-state index contributed by atoms with van der Waals surface area (Å²) in [5, 5.41) is 2.66. The lowest BCUT2D eigenvalue weighted by atomic mass is 10.1. The minimum absolute atomic E-state index is 0.429. The van der Waals surface area contributed by atoms with Crippen molar-refractivity contribution in [1.29, 1.82) is 0 Å². The molecular weight excluding hydrogens is 254 g/mol. The van der Waals surface area contributed by atoms with Crippen LogP contribution in [0, 0.1) is 0 Å². The molecule has 5 heteroatoms. The van der Waals surface area contributed by atoms with Crippen molar-refractivity contribution in [3.63, 3.8) is 0 Å². The number of nitrogens with zero attached hydrogens (tertiary/aromatic N) is 2. The van der Waals surface area contributed by atoms with E-state index in [0.29, 0.717) is 18.8 Å². The maximum absolute atomic E-state index is 12.0. The van der Waals surface area contributed by atoms with Gasteiger partial charge in [0.25, 0.3) is 0 Å². The molecule has 1 aromatic rings. The lowest BCUT2D eigenvalue weighted by Crippen LogP contribution is -2.42. The van der Waals surface area contributed by atoms with Crippen molar-refractivity contribution < 1.29 is 9.59 Å². The van der Waals surface area contributed by atoms with Crippen LogP contribution in [0.15, 0.2) is 24.3 Å². The van der Waals surface area contributed by atoms with Gasteiger partial charge >= 0.3 is 11.8 Å². The molecule has 5 nitrogen and oxygen atoms in total. The van der Waals surface area contributed by atoms with Crippen LogP contribution in [0.2, 0.25) is 0 Å². The molecule has 0 unspecified atom stereocenters. The van der Waals surface area contributed by atoms with Crippen LogP contribution in [0.4, 0.5) is 11.4 Å². The molecular formula is C15H21N3O2. The Balaban J connectivity index is 1.94. The number of anilines is 2. The first-order chi connectivity index (χ1) is 9.58. The summed E-state index contributed by atoms with van der Waals surface area (Å²) in [6.45, 7) is 1.37. The molecule has 1 aromatic carbocycles. The van der Waals surface area contributed by atoms with Gasteiger partial charge in [0.05, 0.1) is 0 Å². The number of likely N-dealkylation sites (tertiary alicyclic amines) is 1. The molecule has 0 bridgehead atoms. The van der Waals surface area contributed by atoms with Crippen molar-refractivity contribution in [3.8, 4) is 0 Å². The van der Waals surface area contributed by atoms with Gasteiger partial charge in [0.2, 0.25) is 0 Å². The number of benzene rings is 1. The van der Waals surface area contributed by atoms with Crippen LogP contribution in [0.1, 0.15) is 19.3 Å².